The highest BCUT2D eigenvalue weighted by molar-refractivity contribution is 6.15. The lowest BCUT2D eigenvalue weighted by Gasteiger charge is -2.24. The number of para-hydroxylation sites is 1. The number of allylic oxidation sites excluding steroid dienone is 6. The Morgan fingerprint density at radius 1 is 1.07 bits per heavy atom. The molecule has 1 aromatic carbocycles. The molecular weight excluding hydrogens is 332 g/mol. The van der Waals surface area contributed by atoms with Crippen LogP contribution < -0.4 is 4.90 Å². The Kier molecular flexibility index (Phi) is 3.92. The zero-order valence-electron chi connectivity index (χ0n) is 16.5. The number of hydrogen-bond acceptors (Lipinski definition) is 3. The van der Waals surface area contributed by atoms with Gasteiger partial charge < -0.3 is 4.90 Å². The van der Waals surface area contributed by atoms with Gasteiger partial charge in [-0.15, -0.1) is 0 Å². The van der Waals surface area contributed by atoms with Gasteiger partial charge in [0, 0.05) is 41.2 Å². The number of benzene rings is 1. The summed E-state index contributed by atoms with van der Waals surface area (Å²) in [6.07, 6.45) is 7.67. The Hall–Kier alpha value is -2.94. The summed E-state index contributed by atoms with van der Waals surface area (Å²) >= 11 is 0. The molecule has 3 nitrogen and oxygen atoms in total. The molecule has 0 spiro atoms. The largest absolute Gasteiger partial charge is 0.347 e. The quantitative estimate of drug-likeness (QED) is 0.656. The molecule has 0 saturated heterocycles. The molecule has 0 atom stereocenters. The third-order valence-corrected chi connectivity index (χ3v) is 5.75. The number of hydrogen-bond donors (Lipinski definition) is 0. The van der Waals surface area contributed by atoms with E-state index in [2.05, 4.69) is 62.0 Å². The monoisotopic (exact) mass is 356 g/mol. The van der Waals surface area contributed by atoms with E-state index in [9.17, 15) is 4.79 Å². The number of Topliss-reactive ketones (excluding diaryl/α,β-unsaturated/α-hetero) is 1. The molecule has 1 aliphatic carbocycles. The summed E-state index contributed by atoms with van der Waals surface area (Å²) in [7, 11) is 2.10. The van der Waals surface area contributed by atoms with E-state index in [0.29, 0.717) is 11.3 Å². The average Bonchev–Trinajstić information content (AvgIpc) is 2.84. The van der Waals surface area contributed by atoms with Crippen LogP contribution in [0.3, 0.4) is 0 Å². The lowest BCUT2D eigenvalue weighted by atomic mass is 9.83. The molecule has 4 rings (SSSR count). The molecule has 3 heteroatoms. The summed E-state index contributed by atoms with van der Waals surface area (Å²) in [5, 5.41) is 0. The van der Waals surface area contributed by atoms with Crippen LogP contribution in [-0.4, -0.2) is 17.8 Å². The van der Waals surface area contributed by atoms with Crippen LogP contribution in [0.5, 0.6) is 0 Å². The average molecular weight is 356 g/mol. The second-order valence-corrected chi connectivity index (χ2v) is 7.89. The minimum atomic E-state index is -0.111. The van der Waals surface area contributed by atoms with Crippen LogP contribution in [0.4, 0.5) is 5.69 Å². The number of carbonyl (C=O) groups excluding carboxylic acids is 1. The fourth-order valence-electron chi connectivity index (χ4n) is 4.32. The van der Waals surface area contributed by atoms with Gasteiger partial charge in [-0.2, -0.15) is 0 Å². The van der Waals surface area contributed by atoms with Crippen molar-refractivity contribution < 1.29 is 4.79 Å². The second-order valence-electron chi connectivity index (χ2n) is 7.89. The first-order valence-electron chi connectivity index (χ1n) is 9.27. The summed E-state index contributed by atoms with van der Waals surface area (Å²) in [5.74, 6) is -0.0137. The fraction of sp³-hybridized carbons (Fsp3) is 0.250. The van der Waals surface area contributed by atoms with Gasteiger partial charge in [-0.1, -0.05) is 38.1 Å². The van der Waals surface area contributed by atoms with E-state index in [1.165, 1.54) is 22.5 Å². The van der Waals surface area contributed by atoms with Crippen LogP contribution in [0, 0.1) is 6.92 Å². The van der Waals surface area contributed by atoms with Gasteiger partial charge in [-0.3, -0.25) is 9.78 Å². The van der Waals surface area contributed by atoms with Gasteiger partial charge in [0.25, 0.3) is 0 Å². The number of likely N-dealkylation sites (N-methyl/N-ethyl adjacent to an activating group) is 1. The van der Waals surface area contributed by atoms with Crippen LogP contribution in [0.2, 0.25) is 0 Å². The topological polar surface area (TPSA) is 33.2 Å². The highest BCUT2D eigenvalue weighted by atomic mass is 16.1. The first kappa shape index (κ1) is 17.5. The number of rotatable bonds is 1. The maximum Gasteiger partial charge on any atom is 0.211 e. The Labute approximate surface area is 160 Å². The van der Waals surface area contributed by atoms with Crippen molar-refractivity contribution in [2.24, 2.45) is 0 Å². The number of anilines is 1. The third kappa shape index (κ3) is 2.57. The van der Waals surface area contributed by atoms with E-state index in [1.807, 2.05) is 31.2 Å². The molecule has 0 amide bonds. The number of carbonyl (C=O) groups is 1. The molecule has 2 aromatic rings. The van der Waals surface area contributed by atoms with Gasteiger partial charge in [-0.05, 0) is 54.8 Å². The summed E-state index contributed by atoms with van der Waals surface area (Å²) in [6.45, 7) is 8.64. The van der Waals surface area contributed by atoms with E-state index < -0.39 is 0 Å². The summed E-state index contributed by atoms with van der Waals surface area (Å²) in [5.41, 5.74) is 8.15. The number of nitrogens with zero attached hydrogens (tertiary/aromatic N) is 2. The SMILES string of the molecule is CC1=C/C(=C\C=C2/N(C)c3c(C)cccc3C2(C)C)C(=O)c2ncccc21. The maximum atomic E-state index is 12.9. The van der Waals surface area contributed by atoms with Crippen LogP contribution in [0.15, 0.2) is 66.0 Å². The van der Waals surface area contributed by atoms with Crippen molar-refractivity contribution in [1.29, 1.82) is 0 Å². The second kappa shape index (κ2) is 6.05. The van der Waals surface area contributed by atoms with Crippen LogP contribution in [0.1, 0.15) is 48.0 Å². The third-order valence-electron chi connectivity index (χ3n) is 5.75. The molecule has 0 saturated carbocycles. The van der Waals surface area contributed by atoms with Crippen molar-refractivity contribution >= 4 is 17.0 Å². The molecule has 27 heavy (non-hydrogen) atoms. The van der Waals surface area contributed by atoms with E-state index in [1.54, 1.807) is 6.20 Å². The zero-order chi connectivity index (χ0) is 19.3. The number of aromatic nitrogens is 1. The predicted octanol–water partition coefficient (Wildman–Crippen LogP) is 5.23. The summed E-state index contributed by atoms with van der Waals surface area (Å²) in [4.78, 5) is 19.4. The Morgan fingerprint density at radius 2 is 1.85 bits per heavy atom. The van der Waals surface area contributed by atoms with Gasteiger partial charge >= 0.3 is 0 Å². The zero-order valence-corrected chi connectivity index (χ0v) is 16.5. The van der Waals surface area contributed by atoms with E-state index in [4.69, 9.17) is 0 Å². The molecule has 0 bridgehead atoms. The molecule has 0 radical (unpaired) electrons. The van der Waals surface area contributed by atoms with Crippen molar-refractivity contribution in [3.8, 4) is 0 Å². The van der Waals surface area contributed by atoms with E-state index in [0.717, 1.165) is 11.1 Å². The van der Waals surface area contributed by atoms with Gasteiger partial charge in [0.15, 0.2) is 0 Å². The van der Waals surface area contributed by atoms with E-state index in [-0.39, 0.29) is 11.2 Å². The predicted molar refractivity (Wildman–Crippen MR) is 111 cm³/mol. The van der Waals surface area contributed by atoms with Crippen LogP contribution in [-0.2, 0) is 5.41 Å². The fourth-order valence-corrected chi connectivity index (χ4v) is 4.32. The Morgan fingerprint density at radius 3 is 2.59 bits per heavy atom. The van der Waals surface area contributed by atoms with Crippen molar-refractivity contribution in [3.63, 3.8) is 0 Å². The highest BCUT2D eigenvalue weighted by Gasteiger charge is 2.38. The normalized spacial score (nSPS) is 20.7. The van der Waals surface area contributed by atoms with Crippen molar-refractivity contribution in [3.05, 3.63) is 88.4 Å². The van der Waals surface area contributed by atoms with Gasteiger partial charge in [0.1, 0.15) is 5.69 Å². The molecule has 0 unspecified atom stereocenters. The molecule has 1 aromatic heterocycles. The van der Waals surface area contributed by atoms with Gasteiger partial charge in [-0.25, -0.2) is 0 Å². The number of aryl methyl sites for hydroxylation is 1. The van der Waals surface area contributed by atoms with Gasteiger partial charge in [0.2, 0.25) is 5.78 Å². The molecule has 0 fully saturated rings. The number of ketones is 1. The van der Waals surface area contributed by atoms with Crippen molar-refractivity contribution in [2.45, 2.75) is 33.1 Å². The highest BCUT2D eigenvalue weighted by Crippen LogP contribution is 2.48. The summed E-state index contributed by atoms with van der Waals surface area (Å²) in [6, 6.07) is 10.3. The first-order chi connectivity index (χ1) is 12.8. The van der Waals surface area contributed by atoms with Crippen molar-refractivity contribution in [2.75, 3.05) is 11.9 Å². The molecule has 0 N–H and O–H groups in total. The first-order valence-corrected chi connectivity index (χ1v) is 9.27. The molecule has 136 valence electrons. The lowest BCUT2D eigenvalue weighted by molar-refractivity contribution is 0.103. The van der Waals surface area contributed by atoms with Crippen molar-refractivity contribution in [1.82, 2.24) is 4.98 Å². The molecular formula is C24H24N2O. The minimum absolute atomic E-state index is 0.0137. The maximum absolute atomic E-state index is 12.9. The minimum Gasteiger partial charge on any atom is -0.347 e. The van der Waals surface area contributed by atoms with E-state index >= 15 is 0 Å². The van der Waals surface area contributed by atoms with Gasteiger partial charge in [0.05, 0.1) is 0 Å². The molecule has 2 aliphatic rings. The van der Waals surface area contributed by atoms with Crippen LogP contribution >= 0.6 is 0 Å². The number of pyridine rings is 1. The number of fused-ring (bicyclic) bond motifs is 2. The smallest absolute Gasteiger partial charge is 0.211 e. The standard InChI is InChI=1S/C24H24N2O/c1-15-8-6-10-19-22(15)26(5)20(24(19,3)4)12-11-17-14-16(2)18-9-7-13-25-21(18)23(17)27/h6-14H,1-5H3/b17-11+,20-12-. The van der Waals surface area contributed by atoms with Crippen LogP contribution in [0.25, 0.3) is 5.57 Å². The Bertz CT molecular complexity index is 1050. The molecule has 2 heterocycles. The Balaban J connectivity index is 1.79. The lowest BCUT2D eigenvalue weighted by Crippen LogP contribution is -2.23. The molecule has 1 aliphatic heterocycles. The summed E-state index contributed by atoms with van der Waals surface area (Å²) < 4.78 is 0.